The molecule has 0 heterocycles. The van der Waals surface area contributed by atoms with Gasteiger partial charge in [-0.3, -0.25) is 0 Å². The molecule has 0 aliphatic carbocycles. The molecular formula is C17H27NOS. The van der Waals surface area contributed by atoms with Crippen molar-refractivity contribution in [3.63, 3.8) is 0 Å². The molecule has 0 saturated heterocycles. The molecule has 2 nitrogen and oxygen atoms in total. The number of hydrogen-bond donors (Lipinski definition) is 1. The van der Waals surface area contributed by atoms with Gasteiger partial charge in [0.15, 0.2) is 0 Å². The predicted molar refractivity (Wildman–Crippen MR) is 90.7 cm³/mol. The highest BCUT2D eigenvalue weighted by molar-refractivity contribution is 7.80. The molecule has 1 rings (SSSR count). The van der Waals surface area contributed by atoms with Crippen LogP contribution in [0, 0.1) is 0 Å². The van der Waals surface area contributed by atoms with Crippen LogP contribution in [0.4, 0.5) is 0 Å². The van der Waals surface area contributed by atoms with Crippen molar-refractivity contribution in [1.82, 2.24) is 0 Å². The summed E-state index contributed by atoms with van der Waals surface area (Å²) in [4.78, 5) is 0.570. The molecular weight excluding hydrogens is 266 g/mol. The summed E-state index contributed by atoms with van der Waals surface area (Å²) in [5, 5.41) is 0. The number of benzene rings is 1. The zero-order valence-electron chi connectivity index (χ0n) is 13.3. The van der Waals surface area contributed by atoms with Crippen molar-refractivity contribution in [1.29, 1.82) is 0 Å². The van der Waals surface area contributed by atoms with E-state index in [9.17, 15) is 0 Å². The molecule has 2 N–H and O–H groups in total. The van der Waals surface area contributed by atoms with Crippen molar-refractivity contribution in [2.75, 3.05) is 6.61 Å². The Bertz CT molecular complexity index is 463. The van der Waals surface area contributed by atoms with Crippen LogP contribution < -0.4 is 10.5 Å². The summed E-state index contributed by atoms with van der Waals surface area (Å²) in [7, 11) is 0. The van der Waals surface area contributed by atoms with E-state index in [0.29, 0.717) is 10.9 Å². The van der Waals surface area contributed by atoms with Crippen LogP contribution >= 0.6 is 12.2 Å². The molecule has 0 spiro atoms. The molecule has 0 saturated carbocycles. The Balaban J connectivity index is 3.10. The summed E-state index contributed by atoms with van der Waals surface area (Å²) < 4.78 is 5.88. The van der Waals surface area contributed by atoms with E-state index < -0.39 is 0 Å². The van der Waals surface area contributed by atoms with Gasteiger partial charge >= 0.3 is 0 Å². The first-order valence-electron chi connectivity index (χ1n) is 7.31. The molecule has 0 aliphatic rings. The summed E-state index contributed by atoms with van der Waals surface area (Å²) in [6.45, 7) is 11.7. The fourth-order valence-electron chi connectivity index (χ4n) is 2.20. The van der Waals surface area contributed by atoms with Crippen molar-refractivity contribution in [3.05, 3.63) is 29.3 Å². The van der Waals surface area contributed by atoms with E-state index in [4.69, 9.17) is 22.7 Å². The highest BCUT2D eigenvalue weighted by Crippen LogP contribution is 2.34. The maximum Gasteiger partial charge on any atom is 0.123 e. The van der Waals surface area contributed by atoms with E-state index in [1.807, 2.05) is 0 Å². The second-order valence-electron chi connectivity index (χ2n) is 6.43. The van der Waals surface area contributed by atoms with Crippen molar-refractivity contribution >= 4 is 17.2 Å². The highest BCUT2D eigenvalue weighted by Gasteiger charge is 2.21. The summed E-state index contributed by atoms with van der Waals surface area (Å²) in [5.41, 5.74) is 8.23. The number of hydrogen-bond acceptors (Lipinski definition) is 2. The minimum absolute atomic E-state index is 0.0576. The molecule has 0 bridgehead atoms. The Hall–Kier alpha value is -1.09. The van der Waals surface area contributed by atoms with Gasteiger partial charge in [0, 0.05) is 6.42 Å². The molecule has 1 atom stereocenters. The lowest BCUT2D eigenvalue weighted by molar-refractivity contribution is 0.308. The van der Waals surface area contributed by atoms with Gasteiger partial charge in [0.2, 0.25) is 0 Å². The van der Waals surface area contributed by atoms with Crippen LogP contribution in [-0.4, -0.2) is 11.6 Å². The molecule has 3 heteroatoms. The monoisotopic (exact) mass is 293 g/mol. The molecule has 112 valence electrons. The van der Waals surface area contributed by atoms with Gasteiger partial charge in [0.05, 0.1) is 11.6 Å². The first kappa shape index (κ1) is 17.0. The molecule has 0 amide bonds. The molecule has 0 radical (unpaired) electrons. The fourth-order valence-corrected chi connectivity index (χ4v) is 2.45. The fraction of sp³-hybridized carbons (Fsp3) is 0.588. The zero-order valence-corrected chi connectivity index (χ0v) is 14.1. The Morgan fingerprint density at radius 2 is 2.00 bits per heavy atom. The summed E-state index contributed by atoms with van der Waals surface area (Å²) in [5.74, 6) is 1.33. The molecule has 1 aromatic rings. The van der Waals surface area contributed by atoms with Gasteiger partial charge in [0.1, 0.15) is 5.75 Å². The average molecular weight is 293 g/mol. The van der Waals surface area contributed by atoms with Crippen LogP contribution in [0.5, 0.6) is 5.75 Å². The van der Waals surface area contributed by atoms with Gasteiger partial charge < -0.3 is 10.5 Å². The number of rotatable bonds is 6. The number of ether oxygens (including phenoxy) is 1. The van der Waals surface area contributed by atoms with Gasteiger partial charge in [-0.2, -0.15) is 0 Å². The first-order chi connectivity index (χ1) is 9.25. The van der Waals surface area contributed by atoms with Crippen LogP contribution in [0.15, 0.2) is 18.2 Å². The minimum atomic E-state index is 0.0576. The third-order valence-electron chi connectivity index (χ3n) is 3.35. The molecule has 1 unspecified atom stereocenters. The summed E-state index contributed by atoms with van der Waals surface area (Å²) in [6.07, 6.45) is 1.76. The third-order valence-corrected chi connectivity index (χ3v) is 3.52. The number of nitrogens with two attached hydrogens (primary N) is 1. The Morgan fingerprint density at radius 1 is 1.35 bits per heavy atom. The van der Waals surface area contributed by atoms with Crippen LogP contribution in [0.3, 0.4) is 0 Å². The van der Waals surface area contributed by atoms with Gasteiger partial charge in [0.25, 0.3) is 0 Å². The SMILES string of the molecule is CCCOc1ccc(C(C)CC(N)=S)cc1C(C)(C)C. The Morgan fingerprint density at radius 3 is 2.50 bits per heavy atom. The summed E-state index contributed by atoms with van der Waals surface area (Å²) in [6, 6.07) is 6.46. The molecule has 0 fully saturated rings. The minimum Gasteiger partial charge on any atom is -0.493 e. The van der Waals surface area contributed by atoms with Crippen LogP contribution in [-0.2, 0) is 5.41 Å². The maximum atomic E-state index is 5.88. The van der Waals surface area contributed by atoms with E-state index in [1.165, 1.54) is 11.1 Å². The third kappa shape index (κ3) is 4.78. The zero-order chi connectivity index (χ0) is 15.3. The standard InChI is InChI=1S/C17H27NOS/c1-6-9-19-15-8-7-13(12(2)10-16(18)20)11-14(15)17(3,4)5/h7-8,11-12H,6,9-10H2,1-5H3,(H2,18,20). The van der Waals surface area contributed by atoms with Crippen molar-refractivity contribution in [2.45, 2.75) is 58.8 Å². The van der Waals surface area contributed by atoms with Crippen molar-refractivity contribution in [3.8, 4) is 5.75 Å². The molecule has 20 heavy (non-hydrogen) atoms. The largest absolute Gasteiger partial charge is 0.493 e. The van der Waals surface area contributed by atoms with Crippen LogP contribution in [0.2, 0.25) is 0 Å². The molecule has 0 aromatic heterocycles. The lowest BCUT2D eigenvalue weighted by Gasteiger charge is -2.25. The predicted octanol–water partition coefficient (Wildman–Crippen LogP) is 4.55. The van der Waals surface area contributed by atoms with Crippen molar-refractivity contribution < 1.29 is 4.74 Å². The van der Waals surface area contributed by atoms with E-state index >= 15 is 0 Å². The normalized spacial score (nSPS) is 13.1. The second-order valence-corrected chi connectivity index (χ2v) is 6.95. The summed E-state index contributed by atoms with van der Waals surface area (Å²) >= 11 is 5.01. The second kappa shape index (κ2) is 7.07. The molecule has 0 aliphatic heterocycles. The first-order valence-corrected chi connectivity index (χ1v) is 7.72. The van der Waals surface area contributed by atoms with Gasteiger partial charge in [-0.1, -0.05) is 59.0 Å². The smallest absolute Gasteiger partial charge is 0.123 e. The quantitative estimate of drug-likeness (QED) is 0.781. The average Bonchev–Trinajstić information content (AvgIpc) is 2.34. The lowest BCUT2D eigenvalue weighted by Crippen LogP contribution is -2.16. The van der Waals surface area contributed by atoms with E-state index in [0.717, 1.165) is 25.2 Å². The highest BCUT2D eigenvalue weighted by atomic mass is 32.1. The van der Waals surface area contributed by atoms with Gasteiger partial charge in [-0.25, -0.2) is 0 Å². The number of thiocarbonyl (C=S) groups is 1. The van der Waals surface area contributed by atoms with E-state index in [-0.39, 0.29) is 5.41 Å². The van der Waals surface area contributed by atoms with Gasteiger partial charge in [-0.05, 0) is 34.9 Å². The lowest BCUT2D eigenvalue weighted by atomic mass is 9.83. The van der Waals surface area contributed by atoms with Crippen LogP contribution in [0.1, 0.15) is 64.5 Å². The van der Waals surface area contributed by atoms with Crippen LogP contribution in [0.25, 0.3) is 0 Å². The topological polar surface area (TPSA) is 35.2 Å². The van der Waals surface area contributed by atoms with Gasteiger partial charge in [-0.15, -0.1) is 0 Å². The van der Waals surface area contributed by atoms with E-state index in [2.05, 4.69) is 52.8 Å². The Kier molecular flexibility index (Phi) is 6.00. The van der Waals surface area contributed by atoms with Crippen molar-refractivity contribution in [2.24, 2.45) is 5.73 Å². The van der Waals surface area contributed by atoms with E-state index in [1.54, 1.807) is 0 Å². The Labute approximate surface area is 128 Å². The molecule has 1 aromatic carbocycles. The maximum absolute atomic E-state index is 5.88.